The minimum Gasteiger partial charge on any atom is -0.366 e. The highest BCUT2D eigenvalue weighted by atomic mass is 15.3. The fourth-order valence-corrected chi connectivity index (χ4v) is 2.58. The topological polar surface area (TPSA) is 28.2 Å². The highest BCUT2D eigenvalue weighted by molar-refractivity contribution is 5.48. The van der Waals surface area contributed by atoms with Gasteiger partial charge in [-0.3, -0.25) is 4.98 Å². The van der Waals surface area contributed by atoms with Crippen LogP contribution >= 0.6 is 0 Å². The highest BCUT2D eigenvalue weighted by Crippen LogP contribution is 2.33. The molecular formula is C11H15N3. The number of hydrogen-bond acceptors (Lipinski definition) is 3. The maximum atomic E-state index is 4.17. The molecule has 2 unspecified atom stereocenters. The van der Waals surface area contributed by atoms with E-state index in [1.807, 2.05) is 18.5 Å². The second-order valence-electron chi connectivity index (χ2n) is 4.18. The minimum atomic E-state index is 0.764. The van der Waals surface area contributed by atoms with E-state index < -0.39 is 0 Å². The number of pyridine rings is 1. The predicted molar refractivity (Wildman–Crippen MR) is 56.3 cm³/mol. The Morgan fingerprint density at radius 1 is 1.50 bits per heavy atom. The van der Waals surface area contributed by atoms with Gasteiger partial charge < -0.3 is 10.2 Å². The van der Waals surface area contributed by atoms with E-state index >= 15 is 0 Å². The first-order valence-corrected chi connectivity index (χ1v) is 5.32. The van der Waals surface area contributed by atoms with Crippen LogP contribution in [-0.2, 0) is 0 Å². The normalized spacial score (nSPS) is 30.7. The largest absolute Gasteiger partial charge is 0.366 e. The Kier molecular flexibility index (Phi) is 1.91. The summed E-state index contributed by atoms with van der Waals surface area (Å²) in [5.41, 5.74) is 1.29. The highest BCUT2D eigenvalue weighted by Gasteiger charge is 2.40. The smallest absolute Gasteiger partial charge is 0.0555 e. The number of nitrogens with zero attached hydrogens (tertiary/aromatic N) is 2. The lowest BCUT2D eigenvalue weighted by molar-refractivity contribution is 0.230. The Bertz CT molecular complexity index is 312. The molecule has 1 aromatic heterocycles. The van der Waals surface area contributed by atoms with Crippen molar-refractivity contribution in [1.82, 2.24) is 10.3 Å². The van der Waals surface area contributed by atoms with Crippen molar-refractivity contribution in [3.63, 3.8) is 0 Å². The van der Waals surface area contributed by atoms with Gasteiger partial charge in [0.15, 0.2) is 0 Å². The molecule has 3 rings (SSSR count). The van der Waals surface area contributed by atoms with Crippen molar-refractivity contribution in [2.45, 2.75) is 12.5 Å². The average Bonchev–Trinajstić information content (AvgIpc) is 2.22. The molecule has 0 saturated carbocycles. The number of rotatable bonds is 1. The van der Waals surface area contributed by atoms with Gasteiger partial charge in [0, 0.05) is 31.2 Å². The fraction of sp³-hybridized carbons (Fsp3) is 0.545. The Balaban J connectivity index is 1.76. The number of anilines is 1. The van der Waals surface area contributed by atoms with E-state index in [9.17, 15) is 0 Å². The third kappa shape index (κ3) is 1.20. The van der Waals surface area contributed by atoms with Crippen LogP contribution in [0.5, 0.6) is 0 Å². The maximum Gasteiger partial charge on any atom is 0.0555 e. The van der Waals surface area contributed by atoms with Crippen molar-refractivity contribution < 1.29 is 0 Å². The summed E-state index contributed by atoms with van der Waals surface area (Å²) in [6.07, 6.45) is 5.08. The molecular weight excluding hydrogens is 174 g/mol. The van der Waals surface area contributed by atoms with E-state index in [0.717, 1.165) is 18.5 Å². The van der Waals surface area contributed by atoms with E-state index in [1.165, 1.54) is 25.2 Å². The summed E-state index contributed by atoms with van der Waals surface area (Å²) in [7, 11) is 0. The Labute approximate surface area is 84.1 Å². The second kappa shape index (κ2) is 3.24. The van der Waals surface area contributed by atoms with Gasteiger partial charge in [-0.05, 0) is 25.1 Å². The van der Waals surface area contributed by atoms with Crippen LogP contribution in [0, 0.1) is 5.92 Å². The molecule has 2 saturated heterocycles. The Morgan fingerprint density at radius 3 is 3.29 bits per heavy atom. The van der Waals surface area contributed by atoms with Gasteiger partial charge in [0.25, 0.3) is 0 Å². The Hall–Kier alpha value is -1.09. The molecule has 74 valence electrons. The van der Waals surface area contributed by atoms with Gasteiger partial charge in [0.05, 0.1) is 11.9 Å². The van der Waals surface area contributed by atoms with E-state index in [4.69, 9.17) is 0 Å². The van der Waals surface area contributed by atoms with Crippen LogP contribution < -0.4 is 10.2 Å². The zero-order chi connectivity index (χ0) is 9.38. The molecule has 2 aliphatic rings. The third-order valence-electron chi connectivity index (χ3n) is 3.38. The van der Waals surface area contributed by atoms with Gasteiger partial charge in [-0.15, -0.1) is 0 Å². The van der Waals surface area contributed by atoms with Crippen LogP contribution in [-0.4, -0.2) is 30.7 Å². The molecule has 0 aliphatic carbocycles. The summed E-state index contributed by atoms with van der Waals surface area (Å²) in [5, 5.41) is 3.45. The molecule has 2 atom stereocenters. The summed E-state index contributed by atoms with van der Waals surface area (Å²) in [4.78, 5) is 6.65. The quantitative estimate of drug-likeness (QED) is 0.711. The molecule has 14 heavy (non-hydrogen) atoms. The van der Waals surface area contributed by atoms with Crippen molar-refractivity contribution in [2.24, 2.45) is 5.92 Å². The van der Waals surface area contributed by atoms with Gasteiger partial charge >= 0.3 is 0 Å². The molecule has 2 aliphatic heterocycles. The van der Waals surface area contributed by atoms with Crippen molar-refractivity contribution in [2.75, 3.05) is 24.5 Å². The molecule has 0 bridgehead atoms. The van der Waals surface area contributed by atoms with E-state index in [-0.39, 0.29) is 0 Å². The maximum absolute atomic E-state index is 4.17. The van der Waals surface area contributed by atoms with Crippen LogP contribution in [0.4, 0.5) is 5.69 Å². The molecule has 0 aromatic carbocycles. The van der Waals surface area contributed by atoms with Crippen LogP contribution in [0.2, 0.25) is 0 Å². The summed E-state index contributed by atoms with van der Waals surface area (Å²) in [5.74, 6) is 0.865. The first-order chi connectivity index (χ1) is 6.95. The van der Waals surface area contributed by atoms with Gasteiger partial charge in [-0.1, -0.05) is 0 Å². The molecule has 3 nitrogen and oxygen atoms in total. The van der Waals surface area contributed by atoms with Crippen molar-refractivity contribution in [3.8, 4) is 0 Å². The molecule has 3 heterocycles. The van der Waals surface area contributed by atoms with E-state index in [2.05, 4.69) is 21.3 Å². The van der Waals surface area contributed by atoms with Crippen molar-refractivity contribution in [1.29, 1.82) is 0 Å². The van der Waals surface area contributed by atoms with Gasteiger partial charge in [0.2, 0.25) is 0 Å². The number of aromatic nitrogens is 1. The fourth-order valence-electron chi connectivity index (χ4n) is 2.58. The monoisotopic (exact) mass is 189 g/mol. The van der Waals surface area contributed by atoms with Crippen LogP contribution in [0.3, 0.4) is 0 Å². The summed E-state index contributed by atoms with van der Waals surface area (Å²) < 4.78 is 0. The number of hydrogen-bond donors (Lipinski definition) is 1. The molecule has 3 heteroatoms. The van der Waals surface area contributed by atoms with Crippen molar-refractivity contribution >= 4 is 5.69 Å². The number of nitrogens with one attached hydrogen (secondary N) is 1. The molecule has 0 amide bonds. The molecule has 1 N–H and O–H groups in total. The molecule has 1 aromatic rings. The third-order valence-corrected chi connectivity index (χ3v) is 3.38. The van der Waals surface area contributed by atoms with Crippen LogP contribution in [0.15, 0.2) is 24.5 Å². The number of fused-ring (bicyclic) bond motifs is 1. The molecule has 0 spiro atoms. The zero-order valence-electron chi connectivity index (χ0n) is 8.19. The second-order valence-corrected chi connectivity index (χ2v) is 4.18. The van der Waals surface area contributed by atoms with Crippen LogP contribution in [0.25, 0.3) is 0 Å². The van der Waals surface area contributed by atoms with E-state index in [1.54, 1.807) is 0 Å². The SMILES string of the molecule is c1cncc(N2CC3CNCCC32)c1. The summed E-state index contributed by atoms with van der Waals surface area (Å²) >= 11 is 0. The lowest BCUT2D eigenvalue weighted by Gasteiger charge is -2.52. The zero-order valence-corrected chi connectivity index (χ0v) is 8.19. The first-order valence-electron chi connectivity index (χ1n) is 5.32. The van der Waals surface area contributed by atoms with Gasteiger partial charge in [0.1, 0.15) is 0 Å². The summed E-state index contributed by atoms with van der Waals surface area (Å²) in [6, 6.07) is 4.94. The number of piperidine rings is 1. The first kappa shape index (κ1) is 8.24. The Morgan fingerprint density at radius 2 is 2.50 bits per heavy atom. The molecule has 2 fully saturated rings. The van der Waals surface area contributed by atoms with Crippen molar-refractivity contribution in [3.05, 3.63) is 24.5 Å². The van der Waals surface area contributed by atoms with Crippen LogP contribution in [0.1, 0.15) is 6.42 Å². The minimum absolute atomic E-state index is 0.764. The predicted octanol–water partition coefficient (Wildman–Crippen LogP) is 0.880. The standard InChI is InChI=1S/C11H15N3/c1-2-10(7-12-4-1)14-8-9-6-13-5-3-11(9)14/h1-2,4,7,9,11,13H,3,5-6,8H2. The van der Waals surface area contributed by atoms with E-state index in [0.29, 0.717) is 0 Å². The summed E-state index contributed by atoms with van der Waals surface area (Å²) in [6.45, 7) is 3.56. The van der Waals surface area contributed by atoms with Gasteiger partial charge in [-0.2, -0.15) is 0 Å². The lowest BCUT2D eigenvalue weighted by atomic mass is 9.83. The average molecular weight is 189 g/mol. The van der Waals surface area contributed by atoms with Gasteiger partial charge in [-0.25, -0.2) is 0 Å². The molecule has 0 radical (unpaired) electrons. The lowest BCUT2D eigenvalue weighted by Crippen LogP contribution is -2.63.